The number of hydrogen-bond acceptors (Lipinski definition) is 6. The number of aliphatic hydroxyl groups is 1. The summed E-state index contributed by atoms with van der Waals surface area (Å²) in [5.41, 5.74) is 1.47. The molecule has 0 saturated carbocycles. The van der Waals surface area contributed by atoms with Crippen LogP contribution in [-0.4, -0.2) is 42.1 Å². The van der Waals surface area contributed by atoms with Gasteiger partial charge in [0.05, 0.1) is 20.1 Å². The van der Waals surface area contributed by atoms with E-state index in [1.165, 1.54) is 25.3 Å². The van der Waals surface area contributed by atoms with Gasteiger partial charge < -0.3 is 19.7 Å². The van der Waals surface area contributed by atoms with E-state index in [1.54, 1.807) is 48.6 Å². The van der Waals surface area contributed by atoms with Crippen molar-refractivity contribution in [2.24, 2.45) is 0 Å². The molecule has 146 valence electrons. The minimum atomic E-state index is -0.325. The molecule has 0 atom stereocenters. The normalized spacial score (nSPS) is 11.1. The number of hydrogen-bond donors (Lipinski definition) is 2. The molecule has 2 rings (SSSR count). The van der Waals surface area contributed by atoms with Crippen LogP contribution in [0.4, 0.5) is 0 Å². The first kappa shape index (κ1) is 20.9. The fourth-order valence-electron chi connectivity index (χ4n) is 2.30. The van der Waals surface area contributed by atoms with Crippen LogP contribution >= 0.6 is 0 Å². The van der Waals surface area contributed by atoms with E-state index in [4.69, 9.17) is 14.6 Å². The summed E-state index contributed by atoms with van der Waals surface area (Å²) in [6.07, 6.45) is 5.63. The number of rotatable bonds is 10. The molecular weight excluding hydrogens is 360 g/mol. The predicted octanol–water partition coefficient (Wildman–Crippen LogP) is 3.03. The number of methoxy groups -OCH3 is 1. The minimum absolute atomic E-state index is 0.0132. The molecule has 0 amide bonds. The highest BCUT2D eigenvalue weighted by Crippen LogP contribution is 2.26. The van der Waals surface area contributed by atoms with E-state index < -0.39 is 0 Å². The molecular formula is C22H22O6. The highest BCUT2D eigenvalue weighted by molar-refractivity contribution is 6.10. The SMILES string of the molecule is COc1cc(/C=C/C(=O)CC(=O)/C=C/c2ccc(OCCO)cc2)ccc1O. The summed E-state index contributed by atoms with van der Waals surface area (Å²) in [4.78, 5) is 23.9. The molecule has 0 aliphatic rings. The standard InChI is InChI=1S/C22H22O6/c1-27-22-14-17(6-11-21(22)26)3-8-19(25)15-18(24)7-2-16-4-9-20(10-5-16)28-13-12-23/h2-11,14,23,26H,12-13,15H2,1H3/b7-2+,8-3+. The summed E-state index contributed by atoms with van der Waals surface area (Å²) in [6.45, 7) is 0.166. The quantitative estimate of drug-likeness (QED) is 0.485. The number of ketones is 2. The minimum Gasteiger partial charge on any atom is -0.504 e. The molecule has 0 fully saturated rings. The van der Waals surface area contributed by atoms with Gasteiger partial charge in [0.2, 0.25) is 0 Å². The van der Waals surface area contributed by atoms with Crippen LogP contribution in [0, 0.1) is 0 Å². The van der Waals surface area contributed by atoms with Gasteiger partial charge in [-0.1, -0.05) is 30.4 Å². The van der Waals surface area contributed by atoms with Crippen molar-refractivity contribution in [3.8, 4) is 17.2 Å². The number of aromatic hydroxyl groups is 1. The molecule has 2 aromatic carbocycles. The van der Waals surface area contributed by atoms with Crippen molar-refractivity contribution in [3.05, 3.63) is 65.7 Å². The first-order chi connectivity index (χ1) is 13.5. The van der Waals surface area contributed by atoms with Gasteiger partial charge in [0.25, 0.3) is 0 Å². The van der Waals surface area contributed by atoms with E-state index in [2.05, 4.69) is 0 Å². The largest absolute Gasteiger partial charge is 0.504 e. The van der Waals surface area contributed by atoms with Crippen LogP contribution in [0.3, 0.4) is 0 Å². The molecule has 28 heavy (non-hydrogen) atoms. The first-order valence-corrected chi connectivity index (χ1v) is 8.64. The van der Waals surface area contributed by atoms with Crippen molar-refractivity contribution in [2.45, 2.75) is 6.42 Å². The highest BCUT2D eigenvalue weighted by atomic mass is 16.5. The summed E-state index contributed by atoms with van der Waals surface area (Å²) >= 11 is 0. The molecule has 0 bridgehead atoms. The number of benzene rings is 2. The van der Waals surface area contributed by atoms with Crippen molar-refractivity contribution < 1.29 is 29.3 Å². The molecule has 0 spiro atoms. The van der Waals surface area contributed by atoms with Crippen LogP contribution in [0.5, 0.6) is 17.2 Å². The Bertz CT molecular complexity index is 865. The lowest BCUT2D eigenvalue weighted by atomic mass is 10.1. The van der Waals surface area contributed by atoms with Gasteiger partial charge in [-0.25, -0.2) is 0 Å². The van der Waals surface area contributed by atoms with Crippen LogP contribution in [0.2, 0.25) is 0 Å². The van der Waals surface area contributed by atoms with E-state index >= 15 is 0 Å². The van der Waals surface area contributed by atoms with E-state index in [0.29, 0.717) is 17.1 Å². The van der Waals surface area contributed by atoms with Crippen molar-refractivity contribution in [1.82, 2.24) is 0 Å². The second-order valence-electron chi connectivity index (χ2n) is 5.85. The molecule has 2 N–H and O–H groups in total. The molecule has 6 heteroatoms. The Balaban J connectivity index is 1.88. The van der Waals surface area contributed by atoms with Crippen LogP contribution < -0.4 is 9.47 Å². The summed E-state index contributed by atoms with van der Waals surface area (Å²) < 4.78 is 10.3. The Morgan fingerprint density at radius 3 is 2.18 bits per heavy atom. The molecule has 0 unspecified atom stereocenters. The second-order valence-corrected chi connectivity index (χ2v) is 5.85. The van der Waals surface area contributed by atoms with Gasteiger partial charge in [-0.3, -0.25) is 9.59 Å². The maximum absolute atomic E-state index is 11.9. The summed E-state index contributed by atoms with van der Waals surface area (Å²) in [5, 5.41) is 18.3. The lowest BCUT2D eigenvalue weighted by molar-refractivity contribution is -0.121. The van der Waals surface area contributed by atoms with Crippen molar-refractivity contribution in [2.75, 3.05) is 20.3 Å². The first-order valence-electron chi connectivity index (χ1n) is 8.64. The maximum Gasteiger partial charge on any atom is 0.163 e. The molecule has 0 saturated heterocycles. The van der Waals surface area contributed by atoms with Gasteiger partial charge in [-0.05, 0) is 47.5 Å². The average Bonchev–Trinajstić information content (AvgIpc) is 2.70. The van der Waals surface area contributed by atoms with E-state index in [0.717, 1.165) is 5.56 Å². The summed E-state index contributed by atoms with van der Waals surface area (Å²) in [5.74, 6) is 0.317. The van der Waals surface area contributed by atoms with Crippen molar-refractivity contribution in [3.63, 3.8) is 0 Å². The Hall–Kier alpha value is -3.38. The smallest absolute Gasteiger partial charge is 0.163 e. The summed E-state index contributed by atoms with van der Waals surface area (Å²) in [6, 6.07) is 11.7. The number of carbonyl (C=O) groups is 2. The van der Waals surface area contributed by atoms with Crippen molar-refractivity contribution >= 4 is 23.7 Å². The Kier molecular flexibility index (Phi) is 7.99. The number of allylic oxidation sites excluding steroid dienone is 2. The number of carbonyl (C=O) groups excluding carboxylic acids is 2. The molecule has 0 aromatic heterocycles. The second kappa shape index (κ2) is 10.7. The number of phenolic OH excluding ortho intramolecular Hbond substituents is 1. The lowest BCUT2D eigenvalue weighted by Gasteiger charge is -2.03. The fraction of sp³-hybridized carbons (Fsp3) is 0.182. The highest BCUT2D eigenvalue weighted by Gasteiger charge is 2.05. The maximum atomic E-state index is 11.9. The average molecular weight is 382 g/mol. The Morgan fingerprint density at radius 2 is 1.57 bits per heavy atom. The van der Waals surface area contributed by atoms with E-state index in [1.807, 2.05) is 0 Å². The molecule has 0 radical (unpaired) electrons. The molecule has 0 aliphatic heterocycles. The van der Waals surface area contributed by atoms with Crippen LogP contribution in [0.1, 0.15) is 17.5 Å². The van der Waals surface area contributed by atoms with Crippen molar-refractivity contribution in [1.29, 1.82) is 0 Å². The molecule has 0 heterocycles. The third-order valence-corrected chi connectivity index (χ3v) is 3.72. The van der Waals surface area contributed by atoms with E-state index in [-0.39, 0.29) is 37.0 Å². The zero-order valence-electron chi connectivity index (χ0n) is 15.5. The topological polar surface area (TPSA) is 93.1 Å². The number of ether oxygens (including phenoxy) is 2. The predicted molar refractivity (Wildman–Crippen MR) is 106 cm³/mol. The Labute approximate surface area is 163 Å². The third-order valence-electron chi connectivity index (χ3n) is 3.72. The van der Waals surface area contributed by atoms with Gasteiger partial charge in [0, 0.05) is 0 Å². The lowest BCUT2D eigenvalue weighted by Crippen LogP contribution is -2.02. The number of phenols is 1. The zero-order valence-corrected chi connectivity index (χ0v) is 15.5. The van der Waals surface area contributed by atoms with Gasteiger partial charge in [0.15, 0.2) is 23.1 Å². The number of aliphatic hydroxyl groups excluding tert-OH is 1. The van der Waals surface area contributed by atoms with Crippen LogP contribution in [-0.2, 0) is 9.59 Å². The monoisotopic (exact) mass is 382 g/mol. The molecule has 6 nitrogen and oxygen atoms in total. The van der Waals surface area contributed by atoms with Gasteiger partial charge in [0.1, 0.15) is 12.4 Å². The fourth-order valence-corrected chi connectivity index (χ4v) is 2.30. The zero-order chi connectivity index (χ0) is 20.4. The molecule has 2 aromatic rings. The van der Waals surface area contributed by atoms with Crippen LogP contribution in [0.15, 0.2) is 54.6 Å². The van der Waals surface area contributed by atoms with Gasteiger partial charge >= 0.3 is 0 Å². The van der Waals surface area contributed by atoms with Crippen LogP contribution in [0.25, 0.3) is 12.2 Å². The summed E-state index contributed by atoms with van der Waals surface area (Å²) in [7, 11) is 1.44. The third kappa shape index (κ3) is 6.74. The molecule has 0 aliphatic carbocycles. The van der Waals surface area contributed by atoms with Gasteiger partial charge in [-0.2, -0.15) is 0 Å². The Morgan fingerprint density at radius 1 is 0.964 bits per heavy atom. The van der Waals surface area contributed by atoms with E-state index in [9.17, 15) is 14.7 Å². The van der Waals surface area contributed by atoms with Gasteiger partial charge in [-0.15, -0.1) is 0 Å².